The highest BCUT2D eigenvalue weighted by atomic mass is 16.1. The summed E-state index contributed by atoms with van der Waals surface area (Å²) < 4.78 is 0. The Balaban J connectivity index is 2.44. The third-order valence-electron chi connectivity index (χ3n) is 2.75. The Morgan fingerprint density at radius 3 is 2.86 bits per heavy atom. The molecule has 0 radical (unpaired) electrons. The van der Waals surface area contributed by atoms with Crippen LogP contribution in [0.1, 0.15) is 54.2 Å². The van der Waals surface area contributed by atoms with Crippen molar-refractivity contribution >= 4 is 5.78 Å². The second-order valence-corrected chi connectivity index (χ2v) is 4.20. The fourth-order valence-corrected chi connectivity index (χ4v) is 1.86. The molecule has 1 aliphatic rings. The molecule has 0 saturated heterocycles. The number of carbonyl (C=O) groups is 1. The minimum atomic E-state index is 0.258. The first-order valence-corrected chi connectivity index (χ1v) is 5.20. The van der Waals surface area contributed by atoms with Crippen LogP contribution in [0, 0.1) is 0 Å². The van der Waals surface area contributed by atoms with Crippen molar-refractivity contribution in [2.24, 2.45) is 0 Å². The van der Waals surface area contributed by atoms with Crippen molar-refractivity contribution < 1.29 is 4.79 Å². The van der Waals surface area contributed by atoms with Gasteiger partial charge in [0.25, 0.3) is 0 Å². The number of pyridine rings is 1. The van der Waals surface area contributed by atoms with E-state index in [2.05, 4.69) is 24.9 Å². The van der Waals surface area contributed by atoms with E-state index in [4.69, 9.17) is 0 Å². The van der Waals surface area contributed by atoms with Gasteiger partial charge in [0, 0.05) is 23.9 Å². The smallest absolute Gasteiger partial charge is 0.164 e. The van der Waals surface area contributed by atoms with Crippen molar-refractivity contribution in [3.05, 3.63) is 29.1 Å². The van der Waals surface area contributed by atoms with Crippen LogP contribution in [-0.4, -0.2) is 10.8 Å². The summed E-state index contributed by atoms with van der Waals surface area (Å²) in [4.78, 5) is 15.8. The lowest BCUT2D eigenvalue weighted by molar-refractivity contribution is 0.0972. The van der Waals surface area contributed by atoms with Crippen molar-refractivity contribution in [1.82, 2.24) is 4.98 Å². The lowest BCUT2D eigenvalue weighted by Gasteiger charge is -2.15. The molecule has 0 bridgehead atoms. The summed E-state index contributed by atoms with van der Waals surface area (Å²) in [5, 5.41) is 0. The lowest BCUT2D eigenvalue weighted by atomic mass is 9.91. The van der Waals surface area contributed by atoms with Gasteiger partial charge >= 0.3 is 0 Å². The molecule has 1 heterocycles. The van der Waals surface area contributed by atoms with Gasteiger partial charge in [-0.25, -0.2) is 0 Å². The van der Waals surface area contributed by atoms with E-state index < -0.39 is 0 Å². The summed E-state index contributed by atoms with van der Waals surface area (Å²) in [5.41, 5.74) is 3.14. The maximum atomic E-state index is 11.5. The highest BCUT2D eigenvalue weighted by Gasteiger charge is 2.18. The topological polar surface area (TPSA) is 30.0 Å². The van der Waals surface area contributed by atoms with Gasteiger partial charge in [-0.1, -0.05) is 13.8 Å². The maximum absolute atomic E-state index is 11.5. The van der Waals surface area contributed by atoms with Crippen LogP contribution in [0.15, 0.2) is 12.3 Å². The number of carbonyl (C=O) groups excluding carboxylic acids is 1. The van der Waals surface area contributed by atoms with Crippen molar-refractivity contribution in [2.45, 2.75) is 39.0 Å². The Labute approximate surface area is 84.4 Å². The fraction of sp³-hybridized carbons (Fsp3) is 0.500. The predicted octanol–water partition coefficient (Wildman–Crippen LogP) is 2.72. The molecule has 1 aromatic heterocycles. The zero-order valence-electron chi connectivity index (χ0n) is 8.71. The molecule has 0 aromatic carbocycles. The molecule has 0 aliphatic heterocycles. The monoisotopic (exact) mass is 189 g/mol. The number of ketones is 1. The number of rotatable bonds is 1. The number of fused-ring (bicyclic) bond motifs is 1. The summed E-state index contributed by atoms with van der Waals surface area (Å²) in [6.45, 7) is 4.25. The van der Waals surface area contributed by atoms with E-state index in [1.165, 1.54) is 5.56 Å². The highest BCUT2D eigenvalue weighted by Crippen LogP contribution is 2.23. The quantitative estimate of drug-likeness (QED) is 0.680. The van der Waals surface area contributed by atoms with E-state index in [9.17, 15) is 4.79 Å². The normalized spacial score (nSPS) is 15.8. The second kappa shape index (κ2) is 3.52. The van der Waals surface area contributed by atoms with Gasteiger partial charge in [0.2, 0.25) is 0 Å². The third kappa shape index (κ3) is 1.57. The minimum Gasteiger partial charge on any atom is -0.294 e. The van der Waals surface area contributed by atoms with Gasteiger partial charge in [0.05, 0.1) is 0 Å². The largest absolute Gasteiger partial charge is 0.294 e. The number of hydrogen-bond donors (Lipinski definition) is 0. The van der Waals surface area contributed by atoms with Crippen LogP contribution in [0.4, 0.5) is 0 Å². The molecule has 2 heteroatoms. The standard InChI is InChI=1S/C12H15NO/c1-8(2)11-6-9-4-3-5-12(14)10(9)7-13-11/h6-8H,3-5H2,1-2H3. The Morgan fingerprint density at radius 2 is 2.14 bits per heavy atom. The van der Waals surface area contributed by atoms with Crippen molar-refractivity contribution in [2.75, 3.05) is 0 Å². The summed E-state index contributed by atoms with van der Waals surface area (Å²) in [5.74, 6) is 0.700. The summed E-state index contributed by atoms with van der Waals surface area (Å²) >= 11 is 0. The van der Waals surface area contributed by atoms with E-state index in [0.29, 0.717) is 12.3 Å². The summed E-state index contributed by atoms with van der Waals surface area (Å²) in [6, 6.07) is 2.09. The molecule has 2 nitrogen and oxygen atoms in total. The number of hydrogen-bond acceptors (Lipinski definition) is 2. The van der Waals surface area contributed by atoms with Crippen molar-refractivity contribution in [1.29, 1.82) is 0 Å². The van der Waals surface area contributed by atoms with E-state index in [1.807, 2.05) is 0 Å². The Bertz CT molecular complexity index is 369. The zero-order valence-corrected chi connectivity index (χ0v) is 8.71. The van der Waals surface area contributed by atoms with Crippen LogP contribution in [0.5, 0.6) is 0 Å². The molecular formula is C12H15NO. The van der Waals surface area contributed by atoms with Crippen LogP contribution >= 0.6 is 0 Å². The Kier molecular flexibility index (Phi) is 2.36. The first-order chi connectivity index (χ1) is 6.68. The minimum absolute atomic E-state index is 0.258. The molecule has 0 amide bonds. The van der Waals surface area contributed by atoms with Gasteiger partial charge in [-0.3, -0.25) is 9.78 Å². The fourth-order valence-electron chi connectivity index (χ4n) is 1.86. The number of Topliss-reactive ketones (excluding diaryl/α,β-unsaturated/α-hetero) is 1. The molecule has 2 rings (SSSR count). The van der Waals surface area contributed by atoms with Gasteiger partial charge in [-0.05, 0) is 30.4 Å². The van der Waals surface area contributed by atoms with E-state index >= 15 is 0 Å². The van der Waals surface area contributed by atoms with Gasteiger partial charge in [-0.2, -0.15) is 0 Å². The van der Waals surface area contributed by atoms with Crippen LogP contribution < -0.4 is 0 Å². The van der Waals surface area contributed by atoms with Gasteiger partial charge < -0.3 is 0 Å². The van der Waals surface area contributed by atoms with E-state index in [-0.39, 0.29) is 5.78 Å². The lowest BCUT2D eigenvalue weighted by Crippen LogP contribution is -2.12. The second-order valence-electron chi connectivity index (χ2n) is 4.20. The molecule has 0 fully saturated rings. The van der Waals surface area contributed by atoms with Crippen LogP contribution in [0.25, 0.3) is 0 Å². The summed E-state index contributed by atoms with van der Waals surface area (Å²) in [7, 11) is 0. The van der Waals surface area contributed by atoms with Crippen molar-refractivity contribution in [3.63, 3.8) is 0 Å². The molecule has 0 N–H and O–H groups in total. The zero-order chi connectivity index (χ0) is 10.1. The van der Waals surface area contributed by atoms with Crippen LogP contribution in [0.3, 0.4) is 0 Å². The third-order valence-corrected chi connectivity index (χ3v) is 2.75. The Morgan fingerprint density at radius 1 is 1.36 bits per heavy atom. The number of aromatic nitrogens is 1. The number of nitrogens with zero attached hydrogens (tertiary/aromatic N) is 1. The van der Waals surface area contributed by atoms with E-state index in [1.54, 1.807) is 6.20 Å². The molecule has 74 valence electrons. The van der Waals surface area contributed by atoms with Crippen LogP contribution in [-0.2, 0) is 6.42 Å². The molecule has 0 atom stereocenters. The average molecular weight is 189 g/mol. The van der Waals surface area contributed by atoms with Gasteiger partial charge in [0.1, 0.15) is 0 Å². The Hall–Kier alpha value is -1.18. The molecule has 1 aliphatic carbocycles. The van der Waals surface area contributed by atoms with Crippen LogP contribution in [0.2, 0.25) is 0 Å². The van der Waals surface area contributed by atoms with Gasteiger partial charge in [-0.15, -0.1) is 0 Å². The molecule has 0 unspecified atom stereocenters. The SMILES string of the molecule is CC(C)c1cc2c(cn1)C(=O)CCC2. The van der Waals surface area contributed by atoms with Crippen molar-refractivity contribution in [3.8, 4) is 0 Å². The average Bonchev–Trinajstić information content (AvgIpc) is 2.17. The molecule has 14 heavy (non-hydrogen) atoms. The molecular weight excluding hydrogens is 174 g/mol. The number of aryl methyl sites for hydroxylation is 1. The molecule has 0 saturated carbocycles. The maximum Gasteiger partial charge on any atom is 0.164 e. The first-order valence-electron chi connectivity index (χ1n) is 5.20. The predicted molar refractivity (Wildman–Crippen MR) is 55.6 cm³/mol. The summed E-state index contributed by atoms with van der Waals surface area (Å²) in [6.07, 6.45) is 4.47. The highest BCUT2D eigenvalue weighted by molar-refractivity contribution is 5.98. The van der Waals surface area contributed by atoms with Gasteiger partial charge in [0.15, 0.2) is 5.78 Å². The first kappa shape index (κ1) is 9.38. The molecule has 1 aromatic rings. The molecule has 0 spiro atoms. The van der Waals surface area contributed by atoms with E-state index in [0.717, 1.165) is 24.1 Å².